The Labute approximate surface area is 207 Å². The van der Waals surface area contributed by atoms with Crippen molar-refractivity contribution >= 4 is 29.2 Å². The number of benzene rings is 1. The Hall–Kier alpha value is -2.94. The Morgan fingerprint density at radius 1 is 1.11 bits per heavy atom. The van der Waals surface area contributed by atoms with Gasteiger partial charge in [0.15, 0.2) is 5.78 Å². The Balaban J connectivity index is 1.48. The molecule has 1 aromatic carbocycles. The Morgan fingerprint density at radius 2 is 1.77 bits per heavy atom. The molecule has 2 aliphatic rings. The monoisotopic (exact) mass is 486 g/mol. The highest BCUT2D eigenvalue weighted by atomic mass is 16.3. The van der Waals surface area contributed by atoms with Crippen molar-refractivity contribution in [3.8, 4) is 0 Å². The van der Waals surface area contributed by atoms with Gasteiger partial charge in [-0.1, -0.05) is 20.8 Å². The zero-order valence-electron chi connectivity index (χ0n) is 21.4. The van der Waals surface area contributed by atoms with E-state index < -0.39 is 18.1 Å². The topological polar surface area (TPSA) is 110 Å². The molecular formula is C26H38N4O5. The number of rotatable bonds is 9. The molecule has 0 aliphatic carbocycles. The minimum atomic E-state index is -1.15. The van der Waals surface area contributed by atoms with Gasteiger partial charge in [-0.2, -0.15) is 0 Å². The van der Waals surface area contributed by atoms with E-state index in [1.807, 2.05) is 38.1 Å². The van der Waals surface area contributed by atoms with Gasteiger partial charge >= 0.3 is 0 Å². The lowest BCUT2D eigenvalue weighted by atomic mass is 10.0. The van der Waals surface area contributed by atoms with Crippen LogP contribution in [-0.4, -0.2) is 90.3 Å². The van der Waals surface area contributed by atoms with Crippen LogP contribution in [0.1, 0.15) is 50.4 Å². The van der Waals surface area contributed by atoms with Crippen LogP contribution >= 0.6 is 0 Å². The first-order valence-electron chi connectivity index (χ1n) is 12.4. The van der Waals surface area contributed by atoms with Crippen molar-refractivity contribution in [3.63, 3.8) is 0 Å². The van der Waals surface area contributed by atoms with E-state index in [2.05, 4.69) is 5.32 Å². The lowest BCUT2D eigenvalue weighted by Crippen LogP contribution is -2.46. The number of fused-ring (bicyclic) bond motifs is 1. The van der Waals surface area contributed by atoms with Crippen LogP contribution in [0.3, 0.4) is 0 Å². The maximum absolute atomic E-state index is 13.0. The summed E-state index contributed by atoms with van der Waals surface area (Å²) in [5.74, 6) is -1.06. The van der Waals surface area contributed by atoms with Crippen molar-refractivity contribution in [2.75, 3.05) is 38.6 Å². The molecule has 0 spiro atoms. The predicted molar refractivity (Wildman–Crippen MR) is 133 cm³/mol. The maximum Gasteiger partial charge on any atom is 0.252 e. The minimum Gasteiger partial charge on any atom is -0.383 e. The molecule has 35 heavy (non-hydrogen) atoms. The molecule has 2 heterocycles. The Kier molecular flexibility index (Phi) is 8.53. The second-order valence-corrected chi connectivity index (χ2v) is 10.3. The molecule has 1 aromatic rings. The molecule has 0 radical (unpaired) electrons. The number of nitrogens with zero attached hydrogens (tertiary/aromatic N) is 3. The van der Waals surface area contributed by atoms with Crippen LogP contribution in [0.4, 0.5) is 5.69 Å². The quantitative estimate of drug-likeness (QED) is 0.544. The van der Waals surface area contributed by atoms with E-state index in [0.29, 0.717) is 31.5 Å². The van der Waals surface area contributed by atoms with E-state index in [1.165, 1.54) is 4.90 Å². The van der Waals surface area contributed by atoms with Crippen molar-refractivity contribution in [3.05, 3.63) is 29.8 Å². The Bertz CT molecular complexity index is 946. The number of carbonyl (C=O) groups is 4. The third-order valence-corrected chi connectivity index (χ3v) is 7.00. The number of nitrogens with one attached hydrogen (secondary N) is 1. The van der Waals surface area contributed by atoms with Crippen LogP contribution in [0.15, 0.2) is 24.3 Å². The maximum atomic E-state index is 13.0. The van der Waals surface area contributed by atoms with Crippen molar-refractivity contribution < 1.29 is 24.3 Å². The molecule has 2 saturated heterocycles. The van der Waals surface area contributed by atoms with Crippen molar-refractivity contribution in [1.29, 1.82) is 0 Å². The number of aliphatic hydroxyl groups is 1. The number of anilines is 1. The van der Waals surface area contributed by atoms with E-state index in [4.69, 9.17) is 0 Å². The highest BCUT2D eigenvalue weighted by Crippen LogP contribution is 2.31. The fourth-order valence-electron chi connectivity index (χ4n) is 4.81. The van der Waals surface area contributed by atoms with Crippen LogP contribution < -0.4 is 10.2 Å². The van der Waals surface area contributed by atoms with Crippen molar-refractivity contribution in [2.24, 2.45) is 11.8 Å². The number of aliphatic hydroxyl groups excluding tert-OH is 1. The smallest absolute Gasteiger partial charge is 0.252 e. The van der Waals surface area contributed by atoms with Gasteiger partial charge in [-0.25, -0.2) is 0 Å². The number of Topliss-reactive ketones (excluding diaryl/α,β-unsaturated/α-hetero) is 1. The fourth-order valence-corrected chi connectivity index (χ4v) is 4.81. The number of hydrogen-bond donors (Lipinski definition) is 2. The summed E-state index contributed by atoms with van der Waals surface area (Å²) in [6.07, 6.45) is 0.295. The van der Waals surface area contributed by atoms with E-state index in [1.54, 1.807) is 30.9 Å². The summed E-state index contributed by atoms with van der Waals surface area (Å²) >= 11 is 0. The van der Waals surface area contributed by atoms with Gasteiger partial charge < -0.3 is 25.1 Å². The van der Waals surface area contributed by atoms with Crippen LogP contribution in [0, 0.1) is 11.8 Å². The van der Waals surface area contributed by atoms with Gasteiger partial charge in [-0.05, 0) is 48.9 Å². The summed E-state index contributed by atoms with van der Waals surface area (Å²) in [6, 6.07) is 6.37. The second-order valence-electron chi connectivity index (χ2n) is 10.3. The molecule has 9 nitrogen and oxygen atoms in total. The number of ketones is 1. The largest absolute Gasteiger partial charge is 0.383 e. The van der Waals surface area contributed by atoms with Crippen molar-refractivity contribution in [2.45, 2.75) is 58.2 Å². The van der Waals surface area contributed by atoms with Gasteiger partial charge in [-0.15, -0.1) is 0 Å². The van der Waals surface area contributed by atoms with Crippen LogP contribution in [0.2, 0.25) is 0 Å². The number of carbonyl (C=O) groups excluding carboxylic acids is 4. The molecule has 0 saturated carbocycles. The first-order chi connectivity index (χ1) is 16.5. The first-order valence-corrected chi connectivity index (χ1v) is 12.4. The molecule has 2 N–H and O–H groups in total. The second kappa shape index (κ2) is 11.2. The number of likely N-dealkylation sites (tertiary alicyclic amines) is 2. The number of amides is 3. The average molecular weight is 487 g/mol. The minimum absolute atomic E-state index is 0.0231. The SMILES string of the molecule is CC(CCNC(=O)c1ccc(N(C)C)cc1)CC(=O)N1CCC2C1C(=O)CN2C(=O)C(O)C(C)C. The van der Waals surface area contributed by atoms with Gasteiger partial charge in [0, 0.05) is 44.9 Å². The predicted octanol–water partition coefficient (Wildman–Crippen LogP) is 1.30. The average Bonchev–Trinajstić information content (AvgIpc) is 3.39. The van der Waals surface area contributed by atoms with Gasteiger partial charge in [0.05, 0.1) is 12.6 Å². The van der Waals surface area contributed by atoms with Crippen LogP contribution in [0.25, 0.3) is 0 Å². The molecule has 4 unspecified atom stereocenters. The fraction of sp³-hybridized carbons (Fsp3) is 0.615. The molecule has 0 aromatic heterocycles. The highest BCUT2D eigenvalue weighted by Gasteiger charge is 2.52. The summed E-state index contributed by atoms with van der Waals surface area (Å²) in [5, 5.41) is 13.1. The van der Waals surface area contributed by atoms with Gasteiger partial charge in [0.25, 0.3) is 11.8 Å². The highest BCUT2D eigenvalue weighted by molar-refractivity contribution is 5.98. The zero-order valence-corrected chi connectivity index (χ0v) is 21.4. The summed E-state index contributed by atoms with van der Waals surface area (Å²) in [7, 11) is 3.88. The lowest BCUT2D eigenvalue weighted by molar-refractivity contribution is -0.144. The van der Waals surface area contributed by atoms with E-state index >= 15 is 0 Å². The molecule has 192 valence electrons. The summed E-state index contributed by atoms with van der Waals surface area (Å²) < 4.78 is 0. The molecule has 3 amide bonds. The lowest BCUT2D eigenvalue weighted by Gasteiger charge is -2.27. The van der Waals surface area contributed by atoms with Gasteiger partial charge in [0.1, 0.15) is 12.1 Å². The summed E-state index contributed by atoms with van der Waals surface area (Å²) in [5.41, 5.74) is 1.60. The third-order valence-electron chi connectivity index (χ3n) is 7.00. The first kappa shape index (κ1) is 26.7. The molecule has 2 aliphatic heterocycles. The molecule has 9 heteroatoms. The van der Waals surface area contributed by atoms with E-state index in [-0.39, 0.29) is 48.4 Å². The third kappa shape index (κ3) is 6.01. The molecule has 0 bridgehead atoms. The molecule has 2 fully saturated rings. The van der Waals surface area contributed by atoms with Crippen molar-refractivity contribution in [1.82, 2.24) is 15.1 Å². The standard InChI is InChI=1S/C26H38N4O5/c1-16(2)24(33)26(35)30-15-21(31)23-20(30)11-13-29(23)22(32)14-17(3)10-12-27-25(34)18-6-8-19(9-7-18)28(4)5/h6-9,16-17,20,23-24,33H,10-15H2,1-5H3,(H,27,34). The van der Waals surface area contributed by atoms with Gasteiger partial charge in [0.2, 0.25) is 5.91 Å². The van der Waals surface area contributed by atoms with E-state index in [9.17, 15) is 24.3 Å². The van der Waals surface area contributed by atoms with Crippen LogP contribution in [-0.2, 0) is 14.4 Å². The van der Waals surface area contributed by atoms with Crippen LogP contribution in [0.5, 0.6) is 0 Å². The molecule has 3 rings (SSSR count). The zero-order chi connectivity index (χ0) is 25.9. The normalized spacial score (nSPS) is 21.2. The van der Waals surface area contributed by atoms with Gasteiger partial charge in [-0.3, -0.25) is 19.2 Å². The molecular weight excluding hydrogens is 448 g/mol. The number of hydrogen-bond acceptors (Lipinski definition) is 6. The Morgan fingerprint density at radius 3 is 2.37 bits per heavy atom. The molecule has 4 atom stereocenters. The summed E-state index contributed by atoms with van der Waals surface area (Å²) in [6.45, 7) is 6.28. The van der Waals surface area contributed by atoms with E-state index in [0.717, 1.165) is 5.69 Å². The summed E-state index contributed by atoms with van der Waals surface area (Å²) in [4.78, 5) is 55.7.